The highest BCUT2D eigenvalue weighted by molar-refractivity contribution is 7.91. The Labute approximate surface area is 82.2 Å². The van der Waals surface area contributed by atoms with Gasteiger partial charge in [0, 0.05) is 12.0 Å². The van der Waals surface area contributed by atoms with Crippen LogP contribution in [0.2, 0.25) is 0 Å². The summed E-state index contributed by atoms with van der Waals surface area (Å²) in [5.74, 6) is 0.947. The van der Waals surface area contributed by atoms with Gasteiger partial charge in [0.15, 0.2) is 0 Å². The number of nitrogen functional groups attached to an aromatic ring is 1. The molecule has 14 heavy (non-hydrogen) atoms. The van der Waals surface area contributed by atoms with Crippen molar-refractivity contribution in [1.29, 1.82) is 0 Å². The molecule has 0 radical (unpaired) electrons. The maximum atomic E-state index is 11.2. The van der Waals surface area contributed by atoms with Crippen molar-refractivity contribution in [2.24, 2.45) is 0 Å². The van der Waals surface area contributed by atoms with Crippen LogP contribution >= 0.6 is 0 Å². The number of sulfone groups is 1. The minimum absolute atomic E-state index is 0.180. The summed E-state index contributed by atoms with van der Waals surface area (Å²) in [4.78, 5) is 0. The second kappa shape index (κ2) is 3.27. The molecular weight excluding hydrogens is 204 g/mol. The van der Waals surface area contributed by atoms with Crippen LogP contribution in [0.15, 0.2) is 10.6 Å². The monoisotopic (exact) mass is 216 g/mol. The molecule has 0 bridgehead atoms. The smallest absolute Gasteiger partial charge is 0.222 e. The number of nitrogens with two attached hydrogens (primary N) is 1. The van der Waals surface area contributed by atoms with Crippen molar-refractivity contribution in [3.63, 3.8) is 0 Å². The van der Waals surface area contributed by atoms with Crippen LogP contribution in [0.5, 0.6) is 0 Å². The lowest BCUT2D eigenvalue weighted by atomic mass is 9.99. The third-order valence-electron chi connectivity index (χ3n) is 2.52. The van der Waals surface area contributed by atoms with Crippen LogP contribution in [0.25, 0.3) is 0 Å². The fourth-order valence-electron chi connectivity index (χ4n) is 1.68. The Hall–Kier alpha value is -1.04. The largest absolute Gasteiger partial charge is 0.368 e. The van der Waals surface area contributed by atoms with Gasteiger partial charge in [-0.1, -0.05) is 5.16 Å². The predicted octanol–water partition coefficient (Wildman–Crippen LogP) is 0.549. The van der Waals surface area contributed by atoms with Gasteiger partial charge in [0.1, 0.15) is 9.84 Å². The van der Waals surface area contributed by atoms with Crippen molar-refractivity contribution in [1.82, 2.24) is 5.16 Å². The van der Waals surface area contributed by atoms with Gasteiger partial charge in [0.25, 0.3) is 0 Å². The van der Waals surface area contributed by atoms with Crippen LogP contribution < -0.4 is 5.73 Å². The molecule has 1 aliphatic heterocycles. The van der Waals surface area contributed by atoms with Crippen molar-refractivity contribution < 1.29 is 12.9 Å². The highest BCUT2D eigenvalue weighted by Gasteiger charge is 2.26. The first-order chi connectivity index (χ1) is 6.57. The molecule has 0 atom stereocenters. The molecule has 0 unspecified atom stereocenters. The molecule has 5 nitrogen and oxygen atoms in total. The summed E-state index contributed by atoms with van der Waals surface area (Å²) in [5, 5.41) is 3.79. The molecule has 0 aromatic carbocycles. The summed E-state index contributed by atoms with van der Waals surface area (Å²) >= 11 is 0. The Kier molecular flexibility index (Phi) is 2.22. The lowest BCUT2D eigenvalue weighted by Gasteiger charge is -2.19. The quantitative estimate of drug-likeness (QED) is 0.740. The lowest BCUT2D eigenvalue weighted by molar-refractivity contribution is 0.414. The van der Waals surface area contributed by atoms with Crippen LogP contribution in [-0.4, -0.2) is 25.1 Å². The molecule has 78 valence electrons. The van der Waals surface area contributed by atoms with E-state index in [-0.39, 0.29) is 23.3 Å². The number of nitrogens with zero attached hydrogens (tertiary/aromatic N) is 1. The van der Waals surface area contributed by atoms with E-state index in [1.165, 1.54) is 0 Å². The summed E-state index contributed by atoms with van der Waals surface area (Å²) in [5.41, 5.74) is 6.17. The summed E-state index contributed by atoms with van der Waals surface area (Å²) < 4.78 is 27.1. The molecule has 1 fully saturated rings. The number of anilines is 1. The van der Waals surface area contributed by atoms with Gasteiger partial charge in [0.2, 0.25) is 5.88 Å². The second-order valence-corrected chi connectivity index (χ2v) is 5.88. The van der Waals surface area contributed by atoms with Gasteiger partial charge >= 0.3 is 0 Å². The van der Waals surface area contributed by atoms with Crippen LogP contribution in [0.1, 0.15) is 24.5 Å². The van der Waals surface area contributed by atoms with Crippen molar-refractivity contribution >= 4 is 15.7 Å². The Morgan fingerprint density at radius 3 is 2.57 bits per heavy atom. The van der Waals surface area contributed by atoms with Crippen LogP contribution in [0.4, 0.5) is 5.88 Å². The van der Waals surface area contributed by atoms with Gasteiger partial charge < -0.3 is 10.3 Å². The first-order valence-electron chi connectivity index (χ1n) is 4.49. The normalized spacial score (nSPS) is 22.3. The third kappa shape index (κ3) is 1.89. The molecule has 2 N–H and O–H groups in total. The molecule has 1 saturated heterocycles. The first-order valence-corrected chi connectivity index (χ1v) is 6.31. The zero-order valence-corrected chi connectivity index (χ0v) is 8.46. The van der Waals surface area contributed by atoms with Crippen molar-refractivity contribution in [3.05, 3.63) is 11.8 Å². The van der Waals surface area contributed by atoms with E-state index in [4.69, 9.17) is 10.3 Å². The Morgan fingerprint density at radius 2 is 2.07 bits per heavy atom. The molecule has 1 aliphatic rings. The van der Waals surface area contributed by atoms with Crippen LogP contribution in [0.3, 0.4) is 0 Å². The van der Waals surface area contributed by atoms with Gasteiger partial charge in [-0.05, 0) is 12.8 Å². The van der Waals surface area contributed by atoms with Crippen molar-refractivity contribution in [2.45, 2.75) is 18.8 Å². The molecular formula is C8H12N2O3S. The minimum Gasteiger partial charge on any atom is -0.368 e. The summed E-state index contributed by atoms with van der Waals surface area (Å²) in [7, 11) is -2.81. The van der Waals surface area contributed by atoms with E-state index >= 15 is 0 Å². The van der Waals surface area contributed by atoms with Crippen LogP contribution in [0, 0.1) is 0 Å². The van der Waals surface area contributed by atoms with E-state index < -0.39 is 9.84 Å². The maximum absolute atomic E-state index is 11.2. The number of hydrogen-bond donors (Lipinski definition) is 1. The number of rotatable bonds is 1. The Morgan fingerprint density at radius 1 is 1.43 bits per heavy atom. The second-order valence-electron chi connectivity index (χ2n) is 3.58. The molecule has 1 aromatic heterocycles. The van der Waals surface area contributed by atoms with Gasteiger partial charge in [-0.15, -0.1) is 0 Å². The van der Waals surface area contributed by atoms with Gasteiger partial charge in [-0.3, -0.25) is 0 Å². The molecule has 1 aromatic rings. The van der Waals surface area contributed by atoms with E-state index in [1.54, 1.807) is 6.07 Å². The highest BCUT2D eigenvalue weighted by Crippen LogP contribution is 2.28. The topological polar surface area (TPSA) is 86.2 Å². The highest BCUT2D eigenvalue weighted by atomic mass is 32.2. The molecule has 0 spiro atoms. The zero-order valence-electron chi connectivity index (χ0n) is 7.64. The fourth-order valence-corrected chi connectivity index (χ4v) is 3.17. The van der Waals surface area contributed by atoms with Gasteiger partial charge in [0.05, 0.1) is 17.2 Å². The molecule has 2 rings (SSSR count). The Bertz CT molecular complexity index is 410. The van der Waals surface area contributed by atoms with E-state index in [1.807, 2.05) is 0 Å². The van der Waals surface area contributed by atoms with Crippen molar-refractivity contribution in [2.75, 3.05) is 17.2 Å². The van der Waals surface area contributed by atoms with E-state index in [0.717, 1.165) is 5.69 Å². The fraction of sp³-hybridized carbons (Fsp3) is 0.625. The molecule has 0 aliphatic carbocycles. The average molecular weight is 216 g/mol. The van der Waals surface area contributed by atoms with E-state index in [0.29, 0.717) is 12.8 Å². The summed E-state index contributed by atoms with van der Waals surface area (Å²) in [6, 6.07) is 1.67. The van der Waals surface area contributed by atoms with Crippen molar-refractivity contribution in [3.8, 4) is 0 Å². The number of hydrogen-bond acceptors (Lipinski definition) is 5. The predicted molar refractivity (Wildman–Crippen MR) is 51.5 cm³/mol. The third-order valence-corrected chi connectivity index (χ3v) is 4.23. The molecule has 2 heterocycles. The summed E-state index contributed by atoms with van der Waals surface area (Å²) in [6.45, 7) is 0. The Balaban J connectivity index is 2.09. The SMILES string of the molecule is Nc1cc(C2CCS(=O)(=O)CC2)no1. The maximum Gasteiger partial charge on any atom is 0.222 e. The zero-order chi connectivity index (χ0) is 10.2. The lowest BCUT2D eigenvalue weighted by Crippen LogP contribution is -2.22. The first kappa shape index (κ1) is 9.51. The minimum atomic E-state index is -2.81. The molecule has 6 heteroatoms. The summed E-state index contributed by atoms with van der Waals surface area (Å²) in [6.07, 6.45) is 1.24. The van der Waals surface area contributed by atoms with E-state index in [2.05, 4.69) is 5.16 Å². The molecule has 0 amide bonds. The molecule has 0 saturated carbocycles. The standard InChI is InChI=1S/C8H12N2O3S/c9-8-5-7(10-13-8)6-1-3-14(11,12)4-2-6/h5-6H,1-4,9H2. The number of aromatic nitrogens is 1. The van der Waals surface area contributed by atoms with Crippen LogP contribution in [-0.2, 0) is 9.84 Å². The van der Waals surface area contributed by atoms with Gasteiger partial charge in [-0.25, -0.2) is 8.42 Å². The van der Waals surface area contributed by atoms with E-state index in [9.17, 15) is 8.42 Å². The average Bonchev–Trinajstić information content (AvgIpc) is 2.52. The van der Waals surface area contributed by atoms with Gasteiger partial charge in [-0.2, -0.15) is 0 Å².